The second-order valence-electron chi connectivity index (χ2n) is 4.54. The number of nitrogens with one attached hydrogen (secondary N) is 2. The van der Waals surface area contributed by atoms with E-state index in [1.807, 2.05) is 0 Å². The van der Waals surface area contributed by atoms with Crippen LogP contribution in [0.25, 0.3) is 22.0 Å². The molecule has 21 heavy (non-hydrogen) atoms. The maximum atomic E-state index is 13.3. The number of benzene rings is 2. The number of hydrogen-bond acceptors (Lipinski definition) is 2. The molecule has 2 aromatic carbocycles. The van der Waals surface area contributed by atoms with E-state index in [2.05, 4.69) is 15.5 Å². The Morgan fingerprint density at radius 1 is 1.10 bits per heavy atom. The summed E-state index contributed by atoms with van der Waals surface area (Å²) in [5.74, 6) is -2.12. The molecular weight excluding hydrogens is 276 g/mol. The molecule has 0 unspecified atom stereocenters. The number of carbonyl (C=O) groups excluding carboxylic acids is 1. The minimum absolute atomic E-state index is 0.261. The standard InChI is InChI=1S/C15H11F2N3O/c1-18-15(21)14-10-6-8(3-5-13(10)19-20-14)9-2-4-11(16)12(17)7-9/h2-7H,1H3,(H,18,21)(H,19,20). The summed E-state index contributed by atoms with van der Waals surface area (Å²) in [7, 11) is 1.52. The molecule has 0 saturated heterocycles. The van der Waals surface area contributed by atoms with E-state index in [1.165, 1.54) is 13.1 Å². The molecule has 3 aromatic rings. The van der Waals surface area contributed by atoms with Crippen molar-refractivity contribution >= 4 is 16.8 Å². The predicted molar refractivity (Wildman–Crippen MR) is 74.8 cm³/mol. The van der Waals surface area contributed by atoms with Gasteiger partial charge in [-0.3, -0.25) is 9.89 Å². The first-order chi connectivity index (χ1) is 10.1. The van der Waals surface area contributed by atoms with Crippen LogP contribution in [0.3, 0.4) is 0 Å². The molecule has 2 N–H and O–H groups in total. The Balaban J connectivity index is 2.15. The van der Waals surface area contributed by atoms with Crippen LogP contribution in [0, 0.1) is 11.6 Å². The van der Waals surface area contributed by atoms with E-state index in [1.54, 1.807) is 18.2 Å². The number of hydrogen-bond donors (Lipinski definition) is 2. The Hall–Kier alpha value is -2.76. The van der Waals surface area contributed by atoms with Crippen LogP contribution in [0.15, 0.2) is 36.4 Å². The highest BCUT2D eigenvalue weighted by atomic mass is 19.2. The van der Waals surface area contributed by atoms with Crippen LogP contribution in [0.5, 0.6) is 0 Å². The number of aromatic amines is 1. The summed E-state index contributed by atoms with van der Waals surface area (Å²) in [5, 5.41) is 9.85. The molecule has 0 aliphatic carbocycles. The highest BCUT2D eigenvalue weighted by molar-refractivity contribution is 6.05. The molecule has 0 bridgehead atoms. The molecule has 0 spiro atoms. The van der Waals surface area contributed by atoms with Gasteiger partial charge in [-0.25, -0.2) is 8.78 Å². The summed E-state index contributed by atoms with van der Waals surface area (Å²) in [6.45, 7) is 0. The molecule has 1 amide bonds. The third-order valence-corrected chi connectivity index (χ3v) is 3.26. The van der Waals surface area contributed by atoms with Gasteiger partial charge in [0.05, 0.1) is 5.52 Å². The second kappa shape index (κ2) is 4.97. The molecule has 1 heterocycles. The number of carbonyl (C=O) groups is 1. The predicted octanol–water partition coefficient (Wildman–Crippen LogP) is 2.87. The lowest BCUT2D eigenvalue weighted by molar-refractivity contribution is 0.0959. The number of H-pyrrole nitrogens is 1. The summed E-state index contributed by atoms with van der Waals surface area (Å²) >= 11 is 0. The fourth-order valence-electron chi connectivity index (χ4n) is 2.16. The number of fused-ring (bicyclic) bond motifs is 1. The zero-order chi connectivity index (χ0) is 15.0. The Morgan fingerprint density at radius 3 is 2.52 bits per heavy atom. The minimum Gasteiger partial charge on any atom is -0.354 e. The molecule has 106 valence electrons. The van der Waals surface area contributed by atoms with Crippen LogP contribution >= 0.6 is 0 Å². The molecule has 0 fully saturated rings. The van der Waals surface area contributed by atoms with Crippen LogP contribution in [0.2, 0.25) is 0 Å². The molecule has 0 saturated carbocycles. The Bertz CT molecular complexity index is 842. The molecule has 3 rings (SSSR count). The third-order valence-electron chi connectivity index (χ3n) is 3.26. The van der Waals surface area contributed by atoms with Crippen LogP contribution in [0.4, 0.5) is 8.78 Å². The highest BCUT2D eigenvalue weighted by Gasteiger charge is 2.13. The topological polar surface area (TPSA) is 57.8 Å². The van der Waals surface area contributed by atoms with Gasteiger partial charge in [0, 0.05) is 12.4 Å². The van der Waals surface area contributed by atoms with Gasteiger partial charge in [0.15, 0.2) is 17.3 Å². The van der Waals surface area contributed by atoms with Gasteiger partial charge in [0.1, 0.15) is 0 Å². The quantitative estimate of drug-likeness (QED) is 0.761. The summed E-state index contributed by atoms with van der Waals surface area (Å²) in [6.07, 6.45) is 0. The molecule has 6 heteroatoms. The van der Waals surface area contributed by atoms with Gasteiger partial charge < -0.3 is 5.32 Å². The molecule has 0 aliphatic heterocycles. The number of rotatable bonds is 2. The minimum atomic E-state index is -0.911. The number of halogens is 2. The fraction of sp³-hybridized carbons (Fsp3) is 0.0667. The number of nitrogens with zero attached hydrogens (tertiary/aromatic N) is 1. The Morgan fingerprint density at radius 2 is 1.81 bits per heavy atom. The average molecular weight is 287 g/mol. The van der Waals surface area contributed by atoms with Gasteiger partial charge in [-0.15, -0.1) is 0 Å². The summed E-state index contributed by atoms with van der Waals surface area (Å²) < 4.78 is 26.3. The highest BCUT2D eigenvalue weighted by Crippen LogP contribution is 2.26. The third kappa shape index (κ3) is 2.24. The smallest absolute Gasteiger partial charge is 0.272 e. The van der Waals surface area contributed by atoms with Gasteiger partial charge >= 0.3 is 0 Å². The average Bonchev–Trinajstić information content (AvgIpc) is 2.92. The largest absolute Gasteiger partial charge is 0.354 e. The monoisotopic (exact) mass is 287 g/mol. The molecule has 0 atom stereocenters. The van der Waals surface area contributed by atoms with Crippen molar-refractivity contribution in [1.29, 1.82) is 0 Å². The zero-order valence-corrected chi connectivity index (χ0v) is 11.1. The van der Waals surface area contributed by atoms with E-state index >= 15 is 0 Å². The van der Waals surface area contributed by atoms with Gasteiger partial charge in [-0.05, 0) is 35.4 Å². The summed E-state index contributed by atoms with van der Waals surface area (Å²) in [5.41, 5.74) is 2.16. The first kappa shape index (κ1) is 13.2. The van der Waals surface area contributed by atoms with Gasteiger partial charge in [0.25, 0.3) is 5.91 Å². The summed E-state index contributed by atoms with van der Waals surface area (Å²) in [4.78, 5) is 11.7. The Kier molecular flexibility index (Phi) is 3.13. The van der Waals surface area contributed by atoms with Crippen molar-refractivity contribution in [2.45, 2.75) is 0 Å². The molecule has 4 nitrogen and oxygen atoms in total. The van der Waals surface area contributed by atoms with E-state index in [0.717, 1.165) is 12.1 Å². The summed E-state index contributed by atoms with van der Waals surface area (Å²) in [6, 6.07) is 8.89. The van der Waals surface area contributed by atoms with Crippen LogP contribution in [-0.2, 0) is 0 Å². The van der Waals surface area contributed by atoms with Crippen molar-refractivity contribution in [2.24, 2.45) is 0 Å². The van der Waals surface area contributed by atoms with Crippen molar-refractivity contribution in [3.05, 3.63) is 53.7 Å². The fourth-order valence-corrected chi connectivity index (χ4v) is 2.16. The van der Waals surface area contributed by atoms with Gasteiger partial charge in [0.2, 0.25) is 0 Å². The van der Waals surface area contributed by atoms with Crippen LogP contribution < -0.4 is 5.32 Å². The number of aromatic nitrogens is 2. The van der Waals surface area contributed by atoms with Crippen LogP contribution in [0.1, 0.15) is 10.5 Å². The Labute approximate surface area is 118 Å². The molecule has 0 aliphatic rings. The van der Waals surface area contributed by atoms with Crippen LogP contribution in [-0.4, -0.2) is 23.2 Å². The SMILES string of the molecule is CNC(=O)c1n[nH]c2ccc(-c3ccc(F)c(F)c3)cc12. The van der Waals surface area contributed by atoms with E-state index < -0.39 is 11.6 Å². The van der Waals surface area contributed by atoms with Gasteiger partial charge in [-0.2, -0.15) is 5.10 Å². The van der Waals surface area contributed by atoms with Crippen molar-refractivity contribution in [3.63, 3.8) is 0 Å². The van der Waals surface area contributed by atoms with Crippen molar-refractivity contribution in [2.75, 3.05) is 7.05 Å². The van der Waals surface area contributed by atoms with Crippen molar-refractivity contribution in [1.82, 2.24) is 15.5 Å². The van der Waals surface area contributed by atoms with E-state index in [-0.39, 0.29) is 11.6 Å². The second-order valence-corrected chi connectivity index (χ2v) is 4.54. The number of amides is 1. The van der Waals surface area contributed by atoms with E-state index in [0.29, 0.717) is 22.0 Å². The molecule has 1 aromatic heterocycles. The molecule has 0 radical (unpaired) electrons. The lowest BCUT2D eigenvalue weighted by Gasteiger charge is -2.03. The first-order valence-electron chi connectivity index (χ1n) is 6.26. The maximum absolute atomic E-state index is 13.3. The maximum Gasteiger partial charge on any atom is 0.272 e. The van der Waals surface area contributed by atoms with Crippen molar-refractivity contribution in [3.8, 4) is 11.1 Å². The van der Waals surface area contributed by atoms with Gasteiger partial charge in [-0.1, -0.05) is 12.1 Å². The van der Waals surface area contributed by atoms with E-state index in [4.69, 9.17) is 0 Å². The van der Waals surface area contributed by atoms with Crippen molar-refractivity contribution < 1.29 is 13.6 Å². The first-order valence-corrected chi connectivity index (χ1v) is 6.26. The normalized spacial score (nSPS) is 10.8. The zero-order valence-electron chi connectivity index (χ0n) is 11.1. The lowest BCUT2D eigenvalue weighted by atomic mass is 10.0. The van der Waals surface area contributed by atoms with E-state index in [9.17, 15) is 13.6 Å². The molecular formula is C15H11F2N3O. The lowest BCUT2D eigenvalue weighted by Crippen LogP contribution is -2.18.